The molecule has 112 valence electrons. The molecule has 2 aromatic carbocycles. The van der Waals surface area contributed by atoms with Gasteiger partial charge in [-0.05, 0) is 30.3 Å². The third kappa shape index (κ3) is 3.29. The zero-order chi connectivity index (χ0) is 16.1. The first-order valence-electron chi connectivity index (χ1n) is 6.41. The van der Waals surface area contributed by atoms with Gasteiger partial charge >= 0.3 is 5.97 Å². The molecule has 0 aliphatic rings. The summed E-state index contributed by atoms with van der Waals surface area (Å²) in [5.74, 6) is -1.63. The van der Waals surface area contributed by atoms with Crippen LogP contribution in [0.15, 0.2) is 48.5 Å². The van der Waals surface area contributed by atoms with E-state index in [1.54, 1.807) is 36.4 Å². The highest BCUT2D eigenvalue weighted by Crippen LogP contribution is 2.16. The van der Waals surface area contributed by atoms with Crippen LogP contribution in [0, 0.1) is 0 Å². The molecule has 3 N–H and O–H groups in total. The Labute approximate surface area is 126 Å². The Balaban J connectivity index is 2.27. The number of anilines is 1. The van der Waals surface area contributed by atoms with Gasteiger partial charge in [0.05, 0.1) is 23.9 Å². The molecule has 0 heterocycles. The van der Waals surface area contributed by atoms with Crippen LogP contribution in [0.2, 0.25) is 0 Å². The monoisotopic (exact) mass is 298 g/mol. The van der Waals surface area contributed by atoms with Crippen molar-refractivity contribution in [3.05, 3.63) is 65.2 Å². The van der Waals surface area contributed by atoms with E-state index in [2.05, 4.69) is 10.1 Å². The number of nitrogens with one attached hydrogen (secondary N) is 1. The summed E-state index contributed by atoms with van der Waals surface area (Å²) in [6.45, 7) is 0. The number of carbonyl (C=O) groups excluding carboxylic acids is 3. The van der Waals surface area contributed by atoms with Crippen LogP contribution in [0.3, 0.4) is 0 Å². The standard InChI is InChI=1S/C16H14N2O4/c1-22-16(21)11-6-4-5-10(9-11)15(20)18-13-8-3-2-7-12(13)14(17)19/h2-9H,1H3,(H2,17,19)(H,18,20). The number of para-hydroxylation sites is 1. The van der Waals surface area contributed by atoms with E-state index in [4.69, 9.17) is 5.73 Å². The number of hydrogen-bond acceptors (Lipinski definition) is 4. The first kappa shape index (κ1) is 15.2. The number of primary amides is 1. The van der Waals surface area contributed by atoms with Gasteiger partial charge in [0, 0.05) is 5.56 Å². The average molecular weight is 298 g/mol. The maximum absolute atomic E-state index is 12.2. The first-order chi connectivity index (χ1) is 10.5. The molecule has 0 radical (unpaired) electrons. The zero-order valence-electron chi connectivity index (χ0n) is 11.8. The molecular weight excluding hydrogens is 284 g/mol. The normalized spacial score (nSPS) is 9.86. The van der Waals surface area contributed by atoms with Gasteiger partial charge in [-0.3, -0.25) is 9.59 Å². The topological polar surface area (TPSA) is 98.5 Å². The van der Waals surface area contributed by atoms with Crippen LogP contribution < -0.4 is 11.1 Å². The lowest BCUT2D eigenvalue weighted by Gasteiger charge is -2.09. The molecule has 22 heavy (non-hydrogen) atoms. The molecular formula is C16H14N2O4. The smallest absolute Gasteiger partial charge is 0.337 e. The van der Waals surface area contributed by atoms with Gasteiger partial charge in [0.1, 0.15) is 0 Å². The highest BCUT2D eigenvalue weighted by molar-refractivity contribution is 6.09. The van der Waals surface area contributed by atoms with E-state index < -0.39 is 17.8 Å². The summed E-state index contributed by atoms with van der Waals surface area (Å²) in [5, 5.41) is 2.60. The van der Waals surface area contributed by atoms with Crippen molar-refractivity contribution in [3.8, 4) is 0 Å². The van der Waals surface area contributed by atoms with Crippen LogP contribution in [0.1, 0.15) is 31.1 Å². The van der Waals surface area contributed by atoms with Crippen LogP contribution >= 0.6 is 0 Å². The van der Waals surface area contributed by atoms with Gasteiger partial charge < -0.3 is 15.8 Å². The molecule has 0 saturated heterocycles. The highest BCUT2D eigenvalue weighted by Gasteiger charge is 2.13. The van der Waals surface area contributed by atoms with Crippen molar-refractivity contribution in [3.63, 3.8) is 0 Å². The number of rotatable bonds is 4. The molecule has 2 amide bonds. The lowest BCUT2D eigenvalue weighted by molar-refractivity contribution is 0.0600. The van der Waals surface area contributed by atoms with E-state index >= 15 is 0 Å². The Morgan fingerprint density at radius 3 is 2.36 bits per heavy atom. The second-order valence-electron chi connectivity index (χ2n) is 4.44. The van der Waals surface area contributed by atoms with Gasteiger partial charge in [0.2, 0.25) is 0 Å². The van der Waals surface area contributed by atoms with E-state index in [0.717, 1.165) is 0 Å². The molecule has 0 fully saturated rings. The first-order valence-corrected chi connectivity index (χ1v) is 6.41. The molecule has 2 rings (SSSR count). The number of nitrogens with two attached hydrogens (primary N) is 1. The zero-order valence-corrected chi connectivity index (χ0v) is 11.8. The van der Waals surface area contributed by atoms with Gasteiger partial charge in [0.15, 0.2) is 0 Å². The number of hydrogen-bond donors (Lipinski definition) is 2. The van der Waals surface area contributed by atoms with Crippen LogP contribution in [0.5, 0.6) is 0 Å². The minimum Gasteiger partial charge on any atom is -0.465 e. The largest absolute Gasteiger partial charge is 0.465 e. The fourth-order valence-corrected chi connectivity index (χ4v) is 1.91. The van der Waals surface area contributed by atoms with Gasteiger partial charge in [-0.25, -0.2) is 4.79 Å². The second-order valence-corrected chi connectivity index (χ2v) is 4.44. The van der Waals surface area contributed by atoms with Crippen molar-refractivity contribution in [2.45, 2.75) is 0 Å². The SMILES string of the molecule is COC(=O)c1cccc(C(=O)Nc2ccccc2C(N)=O)c1. The Kier molecular flexibility index (Phi) is 4.53. The third-order valence-corrected chi connectivity index (χ3v) is 2.99. The van der Waals surface area contributed by atoms with E-state index in [0.29, 0.717) is 5.69 Å². The molecule has 0 unspecified atom stereocenters. The average Bonchev–Trinajstić information content (AvgIpc) is 2.54. The summed E-state index contributed by atoms with van der Waals surface area (Å²) in [4.78, 5) is 35.0. The number of amides is 2. The van der Waals surface area contributed by atoms with Crippen molar-refractivity contribution < 1.29 is 19.1 Å². The molecule has 0 aliphatic carbocycles. The molecule has 0 saturated carbocycles. The van der Waals surface area contributed by atoms with Crippen molar-refractivity contribution in [1.29, 1.82) is 0 Å². The van der Waals surface area contributed by atoms with E-state index in [9.17, 15) is 14.4 Å². The number of esters is 1. The minimum atomic E-state index is -0.640. The van der Waals surface area contributed by atoms with E-state index in [1.807, 2.05) is 0 Å². The fourth-order valence-electron chi connectivity index (χ4n) is 1.91. The van der Waals surface area contributed by atoms with Gasteiger partial charge in [-0.15, -0.1) is 0 Å². The van der Waals surface area contributed by atoms with Crippen LogP contribution in [0.4, 0.5) is 5.69 Å². The van der Waals surface area contributed by atoms with Gasteiger partial charge in [0.25, 0.3) is 11.8 Å². The molecule has 0 atom stereocenters. The Morgan fingerprint density at radius 1 is 1.00 bits per heavy atom. The summed E-state index contributed by atoms with van der Waals surface area (Å²) in [5.41, 5.74) is 6.30. The van der Waals surface area contributed by atoms with Crippen molar-refractivity contribution in [2.24, 2.45) is 5.73 Å². The predicted molar refractivity (Wildman–Crippen MR) is 80.7 cm³/mol. The van der Waals surface area contributed by atoms with Gasteiger partial charge in [-0.2, -0.15) is 0 Å². The lowest BCUT2D eigenvalue weighted by Crippen LogP contribution is -2.18. The predicted octanol–water partition coefficient (Wildman–Crippen LogP) is 1.82. The molecule has 0 aromatic heterocycles. The van der Waals surface area contributed by atoms with Crippen molar-refractivity contribution >= 4 is 23.5 Å². The molecule has 0 bridgehead atoms. The van der Waals surface area contributed by atoms with Crippen molar-refractivity contribution in [1.82, 2.24) is 0 Å². The molecule has 0 spiro atoms. The molecule has 2 aromatic rings. The lowest BCUT2D eigenvalue weighted by atomic mass is 10.1. The van der Waals surface area contributed by atoms with Crippen LogP contribution in [-0.2, 0) is 4.74 Å². The van der Waals surface area contributed by atoms with E-state index in [1.165, 1.54) is 19.2 Å². The third-order valence-electron chi connectivity index (χ3n) is 2.99. The summed E-state index contributed by atoms with van der Waals surface area (Å²) >= 11 is 0. The van der Waals surface area contributed by atoms with Crippen LogP contribution in [-0.4, -0.2) is 24.9 Å². The Bertz CT molecular complexity index is 740. The summed E-state index contributed by atoms with van der Waals surface area (Å²) in [6, 6.07) is 12.5. The summed E-state index contributed by atoms with van der Waals surface area (Å²) < 4.78 is 4.61. The van der Waals surface area contributed by atoms with Crippen LogP contribution in [0.25, 0.3) is 0 Å². The molecule has 6 nitrogen and oxygen atoms in total. The molecule has 6 heteroatoms. The number of benzene rings is 2. The van der Waals surface area contributed by atoms with E-state index in [-0.39, 0.29) is 16.7 Å². The van der Waals surface area contributed by atoms with Gasteiger partial charge in [-0.1, -0.05) is 18.2 Å². The summed E-state index contributed by atoms with van der Waals surface area (Å²) in [6.07, 6.45) is 0. The number of carbonyl (C=O) groups is 3. The second kappa shape index (κ2) is 6.53. The maximum Gasteiger partial charge on any atom is 0.337 e. The number of ether oxygens (including phenoxy) is 1. The minimum absolute atomic E-state index is 0.208. The Hall–Kier alpha value is -3.15. The highest BCUT2D eigenvalue weighted by atomic mass is 16.5. The fraction of sp³-hybridized carbons (Fsp3) is 0.0625. The Morgan fingerprint density at radius 2 is 1.68 bits per heavy atom. The van der Waals surface area contributed by atoms with Crippen molar-refractivity contribution in [2.75, 3.05) is 12.4 Å². The maximum atomic E-state index is 12.2. The summed E-state index contributed by atoms with van der Waals surface area (Å²) in [7, 11) is 1.26. The quantitative estimate of drug-likeness (QED) is 0.841. The molecule has 0 aliphatic heterocycles. The number of methoxy groups -OCH3 is 1.